The van der Waals surface area contributed by atoms with E-state index in [0.29, 0.717) is 18.8 Å². The predicted octanol–water partition coefficient (Wildman–Crippen LogP) is 1.69. The van der Waals surface area contributed by atoms with Crippen LogP contribution in [0.4, 0.5) is 17.3 Å². The fourth-order valence-corrected chi connectivity index (χ4v) is 2.39. The van der Waals surface area contributed by atoms with Crippen molar-refractivity contribution in [3.8, 4) is 0 Å². The lowest BCUT2D eigenvalue weighted by Gasteiger charge is -2.07. The molecule has 9 heteroatoms. The highest BCUT2D eigenvalue weighted by atomic mass is 32.1. The van der Waals surface area contributed by atoms with Crippen molar-refractivity contribution < 1.29 is 4.92 Å². The Morgan fingerprint density at radius 2 is 2.25 bits per heavy atom. The molecule has 0 fully saturated rings. The zero-order valence-corrected chi connectivity index (χ0v) is 11.6. The number of aromatic nitrogens is 2. The number of nitrogen functional groups attached to an aromatic ring is 1. The summed E-state index contributed by atoms with van der Waals surface area (Å²) in [7, 11) is 0. The second-order valence-corrected chi connectivity index (χ2v) is 4.97. The van der Waals surface area contributed by atoms with Gasteiger partial charge in [0.05, 0.1) is 9.93 Å². The summed E-state index contributed by atoms with van der Waals surface area (Å²) >= 11 is 1.57. The lowest BCUT2D eigenvalue weighted by Crippen LogP contribution is -2.12. The largest absolute Gasteiger partial charge is 0.364 e. The minimum atomic E-state index is -0.483. The highest BCUT2D eigenvalue weighted by Crippen LogP contribution is 2.23. The van der Waals surface area contributed by atoms with Gasteiger partial charge < -0.3 is 10.7 Å². The summed E-state index contributed by atoms with van der Waals surface area (Å²) in [6.07, 6.45) is 0.678. The molecule has 4 N–H and O–H groups in total. The van der Waals surface area contributed by atoms with Crippen LogP contribution < -0.4 is 16.6 Å². The molecule has 0 spiro atoms. The van der Waals surface area contributed by atoms with Crippen molar-refractivity contribution in [3.05, 3.63) is 38.3 Å². The van der Waals surface area contributed by atoms with E-state index >= 15 is 0 Å². The molecule has 0 unspecified atom stereocenters. The highest BCUT2D eigenvalue weighted by Gasteiger charge is 2.15. The number of nitrogens with zero attached hydrogens (tertiary/aromatic N) is 3. The molecule has 8 nitrogen and oxygen atoms in total. The molecule has 2 aromatic heterocycles. The topological polar surface area (TPSA) is 119 Å². The van der Waals surface area contributed by atoms with Crippen LogP contribution in [0.5, 0.6) is 0 Å². The van der Waals surface area contributed by atoms with Crippen LogP contribution in [-0.4, -0.2) is 21.4 Å². The number of anilines is 2. The molecule has 0 aromatic carbocycles. The third-order valence-corrected chi connectivity index (χ3v) is 3.54. The van der Waals surface area contributed by atoms with E-state index in [1.165, 1.54) is 12.1 Å². The van der Waals surface area contributed by atoms with Crippen molar-refractivity contribution in [2.75, 3.05) is 17.3 Å². The van der Waals surface area contributed by atoms with Crippen molar-refractivity contribution in [1.82, 2.24) is 9.97 Å². The van der Waals surface area contributed by atoms with Crippen LogP contribution in [0, 0.1) is 17.0 Å². The minimum absolute atomic E-state index is 0.0840. The number of hydrogen-bond acceptors (Lipinski definition) is 8. The molecule has 20 heavy (non-hydrogen) atoms. The molecule has 0 aliphatic rings. The van der Waals surface area contributed by atoms with Crippen LogP contribution in [0.25, 0.3) is 0 Å². The number of aryl methyl sites for hydroxylation is 1. The fraction of sp³-hybridized carbons (Fsp3) is 0.273. The first-order valence-corrected chi connectivity index (χ1v) is 6.75. The summed E-state index contributed by atoms with van der Waals surface area (Å²) in [5, 5.41) is 16.8. The average Bonchev–Trinajstić information content (AvgIpc) is 2.84. The van der Waals surface area contributed by atoms with Gasteiger partial charge in [-0.3, -0.25) is 10.1 Å². The van der Waals surface area contributed by atoms with Crippen LogP contribution in [0.15, 0.2) is 17.5 Å². The van der Waals surface area contributed by atoms with Crippen molar-refractivity contribution >= 4 is 28.7 Å². The summed E-state index contributed by atoms with van der Waals surface area (Å²) in [5.74, 6) is 5.81. The van der Waals surface area contributed by atoms with Crippen LogP contribution in [0.2, 0.25) is 0 Å². The molecule has 106 valence electrons. The van der Waals surface area contributed by atoms with Crippen LogP contribution in [-0.2, 0) is 6.42 Å². The molecule has 0 radical (unpaired) electrons. The third-order valence-electron chi connectivity index (χ3n) is 2.52. The summed E-state index contributed by atoms with van der Waals surface area (Å²) in [5.41, 5.74) is 3.25. The number of nitro groups is 1. The average molecular weight is 294 g/mol. The van der Waals surface area contributed by atoms with Gasteiger partial charge in [-0.25, -0.2) is 15.8 Å². The van der Waals surface area contributed by atoms with Gasteiger partial charge in [-0.15, -0.1) is 11.3 Å². The molecule has 0 aliphatic carbocycles. The van der Waals surface area contributed by atoms with Crippen molar-refractivity contribution in [2.45, 2.75) is 13.3 Å². The van der Waals surface area contributed by atoms with Gasteiger partial charge in [-0.05, 0) is 13.0 Å². The lowest BCUT2D eigenvalue weighted by molar-refractivity contribution is -0.384. The normalized spacial score (nSPS) is 10.3. The van der Waals surface area contributed by atoms with Crippen LogP contribution >= 0.6 is 11.3 Å². The maximum Gasteiger partial charge on any atom is 0.311 e. The quantitative estimate of drug-likeness (QED) is 0.421. The minimum Gasteiger partial charge on any atom is -0.364 e. The molecule has 2 heterocycles. The van der Waals surface area contributed by atoms with Gasteiger partial charge in [-0.1, -0.05) is 0 Å². The monoisotopic (exact) mass is 294 g/mol. The van der Waals surface area contributed by atoms with Crippen LogP contribution in [0.3, 0.4) is 0 Å². The highest BCUT2D eigenvalue weighted by molar-refractivity contribution is 7.09. The summed E-state index contributed by atoms with van der Waals surface area (Å²) in [6, 6.07) is 2.81. The van der Waals surface area contributed by atoms with E-state index in [4.69, 9.17) is 5.84 Å². The zero-order valence-electron chi connectivity index (χ0n) is 10.8. The Balaban J connectivity index is 2.05. The van der Waals surface area contributed by atoms with Gasteiger partial charge in [-0.2, -0.15) is 0 Å². The Labute approximate surface area is 119 Å². The Morgan fingerprint density at radius 3 is 2.85 bits per heavy atom. The molecule has 0 atom stereocenters. The van der Waals surface area contributed by atoms with E-state index in [-0.39, 0.29) is 11.5 Å². The maximum absolute atomic E-state index is 10.9. The first-order chi connectivity index (χ1) is 9.60. The van der Waals surface area contributed by atoms with E-state index in [2.05, 4.69) is 20.7 Å². The second-order valence-electron chi connectivity index (χ2n) is 4.03. The predicted molar refractivity (Wildman–Crippen MR) is 77.7 cm³/mol. The van der Waals surface area contributed by atoms with E-state index in [1.54, 1.807) is 11.3 Å². The molecule has 0 saturated carbocycles. The summed E-state index contributed by atoms with van der Waals surface area (Å²) in [4.78, 5) is 18.8. The Kier molecular flexibility index (Phi) is 4.43. The van der Waals surface area contributed by atoms with Gasteiger partial charge in [0.1, 0.15) is 5.82 Å². The first-order valence-electron chi connectivity index (χ1n) is 5.87. The van der Waals surface area contributed by atoms with E-state index < -0.39 is 4.92 Å². The summed E-state index contributed by atoms with van der Waals surface area (Å²) in [6.45, 7) is 2.44. The molecule has 0 saturated heterocycles. The van der Waals surface area contributed by atoms with Crippen molar-refractivity contribution in [1.29, 1.82) is 0 Å². The first kappa shape index (κ1) is 14.2. The van der Waals surface area contributed by atoms with Gasteiger partial charge in [0, 0.05) is 30.1 Å². The third kappa shape index (κ3) is 3.39. The number of pyridine rings is 1. The van der Waals surface area contributed by atoms with E-state index in [0.717, 1.165) is 10.7 Å². The number of thiazole rings is 1. The molecule has 0 aliphatic heterocycles. The van der Waals surface area contributed by atoms with E-state index in [1.807, 2.05) is 12.3 Å². The Hall–Kier alpha value is -2.26. The molecular weight excluding hydrogens is 280 g/mol. The Bertz CT molecular complexity index is 615. The molecule has 2 aromatic rings. The number of hydrogen-bond donors (Lipinski definition) is 3. The standard InChI is InChI=1S/C11H14N6O2S/c1-7-6-20-10(14-7)4-5-13-11-8(17(18)19)2-3-9(15-11)16-12/h2-3,6H,4-5,12H2,1H3,(H2,13,15,16). The Morgan fingerprint density at radius 1 is 1.45 bits per heavy atom. The second kappa shape index (κ2) is 6.26. The van der Waals surface area contributed by atoms with Crippen LogP contribution in [0.1, 0.15) is 10.7 Å². The SMILES string of the molecule is Cc1csc(CCNc2nc(NN)ccc2[N+](=O)[O-])n1. The van der Waals surface area contributed by atoms with Gasteiger partial charge in [0.15, 0.2) is 0 Å². The van der Waals surface area contributed by atoms with Gasteiger partial charge in [0.2, 0.25) is 5.82 Å². The molecule has 0 amide bonds. The number of nitrogens with one attached hydrogen (secondary N) is 2. The summed E-state index contributed by atoms with van der Waals surface area (Å²) < 4.78 is 0. The molecule has 0 bridgehead atoms. The maximum atomic E-state index is 10.9. The molecule has 2 rings (SSSR count). The number of nitrogens with two attached hydrogens (primary N) is 1. The van der Waals surface area contributed by atoms with E-state index in [9.17, 15) is 10.1 Å². The van der Waals surface area contributed by atoms with Gasteiger partial charge >= 0.3 is 5.69 Å². The van der Waals surface area contributed by atoms with Gasteiger partial charge in [0.25, 0.3) is 0 Å². The lowest BCUT2D eigenvalue weighted by atomic mass is 10.3. The zero-order chi connectivity index (χ0) is 14.5. The van der Waals surface area contributed by atoms with Crippen molar-refractivity contribution in [3.63, 3.8) is 0 Å². The smallest absolute Gasteiger partial charge is 0.311 e. The molecular formula is C11H14N6O2S. The fourth-order valence-electron chi connectivity index (χ4n) is 1.61. The van der Waals surface area contributed by atoms with Crippen molar-refractivity contribution in [2.24, 2.45) is 5.84 Å². The number of hydrazine groups is 1. The number of rotatable bonds is 6.